The van der Waals surface area contributed by atoms with Crippen LogP contribution in [0.3, 0.4) is 0 Å². The number of hydrogen-bond acceptors (Lipinski definition) is 4. The van der Waals surface area contributed by atoms with Crippen LogP contribution < -0.4 is 10.5 Å². The van der Waals surface area contributed by atoms with Crippen molar-refractivity contribution in [2.75, 3.05) is 0 Å². The number of nitrogens with zero attached hydrogens (tertiary/aromatic N) is 1. The summed E-state index contributed by atoms with van der Waals surface area (Å²) >= 11 is 3.16. The third-order valence-electron chi connectivity index (χ3n) is 1.25. The Balaban J connectivity index is 2.92. The van der Waals surface area contributed by atoms with Crippen molar-refractivity contribution >= 4 is 22.0 Å². The molecule has 6 heteroatoms. The van der Waals surface area contributed by atoms with Gasteiger partial charge in [0.25, 0.3) is 0 Å². The largest absolute Gasteiger partial charge is 0.411 e. The van der Waals surface area contributed by atoms with Gasteiger partial charge in [-0.05, 0) is 22.0 Å². The SMILES string of the molecule is NC(=O)Oc1ccc(Br)c(CO)n1. The zero-order chi connectivity index (χ0) is 9.84. The monoisotopic (exact) mass is 246 g/mol. The van der Waals surface area contributed by atoms with Crippen LogP contribution in [0.4, 0.5) is 4.79 Å². The second kappa shape index (κ2) is 4.20. The first-order valence-corrected chi connectivity index (χ1v) is 4.16. The molecule has 0 atom stereocenters. The number of ether oxygens (including phenoxy) is 1. The van der Waals surface area contributed by atoms with Crippen LogP contribution in [0.5, 0.6) is 5.88 Å². The highest BCUT2D eigenvalue weighted by Crippen LogP contribution is 2.18. The van der Waals surface area contributed by atoms with E-state index in [1.807, 2.05) is 0 Å². The number of carbonyl (C=O) groups is 1. The first-order chi connectivity index (χ1) is 6.13. The lowest BCUT2D eigenvalue weighted by Gasteiger charge is -2.02. The Kier molecular flexibility index (Phi) is 3.21. The second-order valence-electron chi connectivity index (χ2n) is 2.16. The van der Waals surface area contributed by atoms with E-state index < -0.39 is 6.09 Å². The fraction of sp³-hybridized carbons (Fsp3) is 0.143. The van der Waals surface area contributed by atoms with Crippen molar-refractivity contribution in [3.8, 4) is 5.88 Å². The minimum absolute atomic E-state index is 0.0692. The molecule has 0 radical (unpaired) electrons. The summed E-state index contributed by atoms with van der Waals surface area (Å²) in [4.78, 5) is 14.2. The lowest BCUT2D eigenvalue weighted by Crippen LogP contribution is -2.17. The Morgan fingerprint density at radius 3 is 2.92 bits per heavy atom. The Bertz CT molecular complexity index is 330. The van der Waals surface area contributed by atoms with Crippen molar-refractivity contribution in [1.29, 1.82) is 0 Å². The van der Waals surface area contributed by atoms with Gasteiger partial charge in [0, 0.05) is 10.5 Å². The molecular weight excluding hydrogens is 240 g/mol. The standard InChI is InChI=1S/C7H7BrN2O3/c8-4-1-2-6(13-7(9)12)10-5(4)3-11/h1-2,11H,3H2,(H2,9,12). The second-order valence-corrected chi connectivity index (χ2v) is 3.01. The van der Waals surface area contributed by atoms with Gasteiger partial charge < -0.3 is 15.6 Å². The van der Waals surface area contributed by atoms with E-state index in [0.29, 0.717) is 10.2 Å². The van der Waals surface area contributed by atoms with Gasteiger partial charge in [0.1, 0.15) is 0 Å². The molecule has 3 N–H and O–H groups in total. The number of aromatic nitrogens is 1. The molecule has 70 valence electrons. The molecular formula is C7H7BrN2O3. The van der Waals surface area contributed by atoms with Gasteiger partial charge in [-0.25, -0.2) is 9.78 Å². The maximum Gasteiger partial charge on any atom is 0.411 e. The van der Waals surface area contributed by atoms with Crippen LogP contribution in [0, 0.1) is 0 Å². The third kappa shape index (κ3) is 2.67. The summed E-state index contributed by atoms with van der Waals surface area (Å²) in [6, 6.07) is 3.07. The summed E-state index contributed by atoms with van der Waals surface area (Å²) < 4.78 is 5.15. The van der Waals surface area contributed by atoms with Gasteiger partial charge in [0.05, 0.1) is 12.3 Å². The quantitative estimate of drug-likeness (QED) is 0.809. The minimum Gasteiger partial charge on any atom is -0.391 e. The van der Waals surface area contributed by atoms with E-state index in [0.717, 1.165) is 0 Å². The van der Waals surface area contributed by atoms with Crippen molar-refractivity contribution in [3.05, 3.63) is 22.3 Å². The molecule has 0 saturated heterocycles. The number of carbonyl (C=O) groups excluding carboxylic acids is 1. The number of nitrogens with two attached hydrogens (primary N) is 1. The van der Waals surface area contributed by atoms with Gasteiger partial charge in [0.2, 0.25) is 5.88 Å². The molecule has 1 amide bonds. The van der Waals surface area contributed by atoms with Crippen LogP contribution in [0.15, 0.2) is 16.6 Å². The van der Waals surface area contributed by atoms with E-state index in [1.165, 1.54) is 6.07 Å². The number of hydrogen-bond donors (Lipinski definition) is 2. The zero-order valence-electron chi connectivity index (χ0n) is 6.53. The topological polar surface area (TPSA) is 85.4 Å². The number of halogens is 1. The first-order valence-electron chi connectivity index (χ1n) is 3.37. The summed E-state index contributed by atoms with van der Waals surface area (Å²) in [5, 5.41) is 8.81. The normalized spacial score (nSPS) is 9.69. The number of amides is 1. The Hall–Kier alpha value is -1.14. The molecule has 5 nitrogen and oxygen atoms in total. The van der Waals surface area contributed by atoms with Gasteiger partial charge in [0.15, 0.2) is 0 Å². The van der Waals surface area contributed by atoms with Gasteiger partial charge in [-0.1, -0.05) is 0 Å². The predicted molar refractivity (Wildman–Crippen MR) is 48.1 cm³/mol. The number of rotatable bonds is 2. The van der Waals surface area contributed by atoms with Crippen molar-refractivity contribution in [3.63, 3.8) is 0 Å². The van der Waals surface area contributed by atoms with E-state index in [2.05, 4.69) is 25.7 Å². The number of aliphatic hydroxyl groups is 1. The van der Waals surface area contributed by atoms with Gasteiger partial charge in [-0.3, -0.25) is 0 Å². The first kappa shape index (κ1) is 9.94. The highest BCUT2D eigenvalue weighted by molar-refractivity contribution is 9.10. The molecule has 1 aromatic rings. The van der Waals surface area contributed by atoms with E-state index >= 15 is 0 Å². The molecule has 0 aromatic carbocycles. The van der Waals surface area contributed by atoms with Crippen molar-refractivity contribution in [2.45, 2.75) is 6.61 Å². The lowest BCUT2D eigenvalue weighted by molar-refractivity contribution is 0.208. The molecule has 13 heavy (non-hydrogen) atoms. The van der Waals surface area contributed by atoms with Crippen LogP contribution in [0.25, 0.3) is 0 Å². The van der Waals surface area contributed by atoms with Gasteiger partial charge in [-0.2, -0.15) is 0 Å². The van der Waals surface area contributed by atoms with E-state index in [-0.39, 0.29) is 12.5 Å². The molecule has 0 aliphatic rings. The van der Waals surface area contributed by atoms with Crippen molar-refractivity contribution in [1.82, 2.24) is 4.98 Å². The number of pyridine rings is 1. The Morgan fingerprint density at radius 2 is 2.38 bits per heavy atom. The predicted octanol–water partition coefficient (Wildman–Crippen LogP) is 0.794. The molecule has 1 heterocycles. The average Bonchev–Trinajstić information content (AvgIpc) is 2.07. The summed E-state index contributed by atoms with van der Waals surface area (Å²) in [6.07, 6.45) is -0.932. The van der Waals surface area contributed by atoms with Gasteiger partial charge >= 0.3 is 6.09 Å². The van der Waals surface area contributed by atoms with E-state index in [9.17, 15) is 4.79 Å². The lowest BCUT2D eigenvalue weighted by atomic mass is 10.4. The van der Waals surface area contributed by atoms with Crippen LogP contribution >= 0.6 is 15.9 Å². The van der Waals surface area contributed by atoms with Gasteiger partial charge in [-0.15, -0.1) is 0 Å². The Labute approximate surface area is 82.7 Å². The molecule has 0 aliphatic carbocycles. The summed E-state index contributed by atoms with van der Waals surface area (Å²) in [7, 11) is 0. The fourth-order valence-corrected chi connectivity index (χ4v) is 1.08. The maximum absolute atomic E-state index is 10.3. The highest BCUT2D eigenvalue weighted by Gasteiger charge is 2.04. The maximum atomic E-state index is 10.3. The molecule has 0 saturated carbocycles. The summed E-state index contributed by atoms with van der Waals surface area (Å²) in [5.74, 6) is 0.0692. The van der Waals surface area contributed by atoms with Crippen molar-refractivity contribution < 1.29 is 14.6 Å². The van der Waals surface area contributed by atoms with E-state index in [4.69, 9.17) is 10.8 Å². The van der Waals surface area contributed by atoms with Crippen LogP contribution in [0.1, 0.15) is 5.69 Å². The van der Waals surface area contributed by atoms with Crippen LogP contribution in [-0.4, -0.2) is 16.2 Å². The average molecular weight is 247 g/mol. The highest BCUT2D eigenvalue weighted by atomic mass is 79.9. The Morgan fingerprint density at radius 1 is 1.69 bits per heavy atom. The molecule has 0 spiro atoms. The number of aliphatic hydroxyl groups excluding tert-OH is 1. The smallest absolute Gasteiger partial charge is 0.391 e. The fourth-order valence-electron chi connectivity index (χ4n) is 0.735. The molecule has 1 aromatic heterocycles. The van der Waals surface area contributed by atoms with Crippen molar-refractivity contribution in [2.24, 2.45) is 5.73 Å². The minimum atomic E-state index is -0.932. The molecule has 0 unspecified atom stereocenters. The zero-order valence-corrected chi connectivity index (χ0v) is 8.11. The molecule has 0 fully saturated rings. The summed E-state index contributed by atoms with van der Waals surface area (Å²) in [6.45, 7) is -0.240. The van der Waals surface area contributed by atoms with E-state index in [1.54, 1.807) is 6.07 Å². The third-order valence-corrected chi connectivity index (χ3v) is 1.97. The summed E-state index contributed by atoms with van der Waals surface area (Å²) in [5.41, 5.74) is 5.17. The van der Waals surface area contributed by atoms with Crippen LogP contribution in [0.2, 0.25) is 0 Å². The number of primary amides is 1. The van der Waals surface area contributed by atoms with Crippen LogP contribution in [-0.2, 0) is 6.61 Å². The molecule has 0 bridgehead atoms. The molecule has 1 rings (SSSR count). The molecule has 0 aliphatic heterocycles.